The normalized spacial score (nSPS) is 18.0. The molecule has 0 radical (unpaired) electrons. The quantitative estimate of drug-likeness (QED) is 0.741. The van der Waals surface area contributed by atoms with Crippen LogP contribution in [0.3, 0.4) is 0 Å². The summed E-state index contributed by atoms with van der Waals surface area (Å²) in [6, 6.07) is 11.0. The van der Waals surface area contributed by atoms with Gasteiger partial charge >= 0.3 is 0 Å². The molecule has 1 N–H and O–H groups in total. The average molecular weight is 336 g/mol. The molecule has 3 heterocycles. The molecule has 1 atom stereocenters. The molecule has 0 spiro atoms. The van der Waals surface area contributed by atoms with Crippen LogP contribution in [0.2, 0.25) is 0 Å². The summed E-state index contributed by atoms with van der Waals surface area (Å²) in [5.41, 5.74) is 2.16. The van der Waals surface area contributed by atoms with E-state index in [1.807, 2.05) is 6.07 Å². The number of nitrogens with one attached hydrogen (secondary N) is 1. The van der Waals surface area contributed by atoms with Crippen LogP contribution < -0.4 is 5.32 Å². The number of hydrogen-bond acceptors (Lipinski definition) is 5. The van der Waals surface area contributed by atoms with Crippen molar-refractivity contribution in [1.82, 2.24) is 14.9 Å². The van der Waals surface area contributed by atoms with Crippen LogP contribution in [0.25, 0.3) is 11.0 Å². The van der Waals surface area contributed by atoms with Crippen LogP contribution in [-0.4, -0.2) is 34.0 Å². The van der Waals surface area contributed by atoms with Crippen molar-refractivity contribution in [3.05, 3.63) is 54.0 Å². The van der Waals surface area contributed by atoms with Crippen molar-refractivity contribution in [2.75, 3.05) is 18.4 Å². The Hall–Kier alpha value is -2.40. The van der Waals surface area contributed by atoms with Crippen LogP contribution >= 0.6 is 0 Å². The van der Waals surface area contributed by atoms with Crippen LogP contribution in [0, 0.1) is 0 Å². The third-order valence-electron chi connectivity index (χ3n) is 4.98. The molecule has 0 bridgehead atoms. The topological polar surface area (TPSA) is 54.2 Å². The molecule has 0 saturated carbocycles. The van der Waals surface area contributed by atoms with E-state index in [1.54, 1.807) is 12.4 Å². The number of furan rings is 1. The number of rotatable bonds is 6. The summed E-state index contributed by atoms with van der Waals surface area (Å²) >= 11 is 0. The Bertz CT molecular complexity index is 830. The zero-order chi connectivity index (χ0) is 17.1. The zero-order valence-corrected chi connectivity index (χ0v) is 14.6. The molecular weight excluding hydrogens is 312 g/mol. The summed E-state index contributed by atoms with van der Waals surface area (Å²) in [7, 11) is 0. The first-order valence-electron chi connectivity index (χ1n) is 9.04. The number of likely N-dealkylation sites (tertiary alicyclic amines) is 1. The van der Waals surface area contributed by atoms with Gasteiger partial charge in [-0.1, -0.05) is 6.07 Å². The van der Waals surface area contributed by atoms with Gasteiger partial charge < -0.3 is 14.6 Å². The Labute approximate surface area is 148 Å². The fourth-order valence-corrected chi connectivity index (χ4v) is 3.53. The first-order chi connectivity index (χ1) is 12.3. The molecule has 3 aromatic rings. The average Bonchev–Trinajstić information content (AvgIpc) is 3.24. The minimum Gasteiger partial charge on any atom is -0.461 e. The number of nitrogens with zero attached hydrogens (tertiary/aromatic N) is 3. The number of fused-ring (bicyclic) bond motifs is 1. The second kappa shape index (κ2) is 7.23. The Morgan fingerprint density at radius 2 is 2.12 bits per heavy atom. The van der Waals surface area contributed by atoms with Gasteiger partial charge in [-0.3, -0.25) is 0 Å². The van der Waals surface area contributed by atoms with E-state index in [2.05, 4.69) is 51.4 Å². The summed E-state index contributed by atoms with van der Waals surface area (Å²) in [6.07, 6.45) is 7.10. The monoisotopic (exact) mass is 336 g/mol. The van der Waals surface area contributed by atoms with Crippen LogP contribution in [0.5, 0.6) is 0 Å². The van der Waals surface area contributed by atoms with Crippen molar-refractivity contribution in [2.24, 2.45) is 0 Å². The summed E-state index contributed by atoms with van der Waals surface area (Å²) in [6.45, 7) is 5.33. The minimum atomic E-state index is 0.648. The highest BCUT2D eigenvalue weighted by Gasteiger charge is 2.20. The molecule has 1 fully saturated rings. The van der Waals surface area contributed by atoms with Gasteiger partial charge in [0.05, 0.1) is 0 Å². The van der Waals surface area contributed by atoms with Crippen LogP contribution in [0.4, 0.5) is 5.95 Å². The van der Waals surface area contributed by atoms with Gasteiger partial charge in [0.25, 0.3) is 0 Å². The number of aromatic nitrogens is 2. The fraction of sp³-hybridized carbons (Fsp3) is 0.400. The largest absolute Gasteiger partial charge is 0.461 e. The Kier molecular flexibility index (Phi) is 4.65. The Balaban J connectivity index is 1.40. The van der Waals surface area contributed by atoms with E-state index < -0.39 is 0 Å². The Morgan fingerprint density at radius 3 is 2.92 bits per heavy atom. The van der Waals surface area contributed by atoms with E-state index in [4.69, 9.17) is 4.42 Å². The third kappa shape index (κ3) is 3.82. The molecule has 1 aromatic carbocycles. The lowest BCUT2D eigenvalue weighted by Crippen LogP contribution is -2.28. The van der Waals surface area contributed by atoms with Crippen molar-refractivity contribution in [3.8, 4) is 0 Å². The summed E-state index contributed by atoms with van der Waals surface area (Å²) in [4.78, 5) is 10.9. The van der Waals surface area contributed by atoms with Crippen molar-refractivity contribution < 1.29 is 4.42 Å². The van der Waals surface area contributed by atoms with Gasteiger partial charge in [-0.15, -0.1) is 0 Å². The molecule has 5 nitrogen and oxygen atoms in total. The van der Waals surface area contributed by atoms with Gasteiger partial charge in [0.2, 0.25) is 5.95 Å². The van der Waals surface area contributed by atoms with Crippen LogP contribution in [0.15, 0.2) is 47.1 Å². The standard InChI is InChI=1S/C20H24N4O/c1-15-4-2-10-24(15)11-7-18-13-17-12-16(5-6-19(17)25-18)14-23-20-21-8-3-9-22-20/h3,5-6,8-9,12-13,15H,2,4,7,10-11,14H2,1H3,(H,21,22,23)/t15-/m1/s1. The zero-order valence-electron chi connectivity index (χ0n) is 14.6. The van der Waals surface area contributed by atoms with E-state index >= 15 is 0 Å². The molecule has 1 aliphatic heterocycles. The van der Waals surface area contributed by atoms with Crippen molar-refractivity contribution in [1.29, 1.82) is 0 Å². The molecule has 2 aromatic heterocycles. The van der Waals surface area contributed by atoms with Gasteiger partial charge in [0.15, 0.2) is 0 Å². The van der Waals surface area contributed by atoms with E-state index in [-0.39, 0.29) is 0 Å². The predicted octanol–water partition coefficient (Wildman–Crippen LogP) is 3.86. The van der Waals surface area contributed by atoms with Gasteiger partial charge in [-0.2, -0.15) is 0 Å². The van der Waals surface area contributed by atoms with Crippen LogP contribution in [0.1, 0.15) is 31.1 Å². The maximum absolute atomic E-state index is 6.01. The highest BCUT2D eigenvalue weighted by molar-refractivity contribution is 5.78. The first kappa shape index (κ1) is 16.1. The third-order valence-corrected chi connectivity index (χ3v) is 4.98. The highest BCUT2D eigenvalue weighted by Crippen LogP contribution is 2.23. The molecule has 25 heavy (non-hydrogen) atoms. The van der Waals surface area contributed by atoms with E-state index in [0.29, 0.717) is 18.5 Å². The van der Waals surface area contributed by atoms with Gasteiger partial charge in [-0.05, 0) is 56.1 Å². The molecule has 130 valence electrons. The molecular formula is C20H24N4O. The van der Waals surface area contributed by atoms with Gasteiger partial charge in [0, 0.05) is 43.3 Å². The molecule has 1 saturated heterocycles. The minimum absolute atomic E-state index is 0.648. The fourth-order valence-electron chi connectivity index (χ4n) is 3.53. The lowest BCUT2D eigenvalue weighted by molar-refractivity contribution is 0.266. The smallest absolute Gasteiger partial charge is 0.222 e. The molecule has 5 heteroatoms. The SMILES string of the molecule is C[C@@H]1CCCN1CCc1cc2cc(CNc3ncccn3)ccc2o1. The highest BCUT2D eigenvalue weighted by atomic mass is 16.3. The first-order valence-corrected chi connectivity index (χ1v) is 9.04. The second-order valence-corrected chi connectivity index (χ2v) is 6.79. The van der Waals surface area contributed by atoms with Crippen molar-refractivity contribution in [2.45, 2.75) is 38.8 Å². The van der Waals surface area contributed by atoms with Gasteiger partial charge in [0.1, 0.15) is 11.3 Å². The summed E-state index contributed by atoms with van der Waals surface area (Å²) < 4.78 is 6.01. The van der Waals surface area contributed by atoms with Gasteiger partial charge in [-0.25, -0.2) is 9.97 Å². The molecule has 0 unspecified atom stereocenters. The lowest BCUT2D eigenvalue weighted by Gasteiger charge is -2.19. The molecule has 0 amide bonds. The number of hydrogen-bond donors (Lipinski definition) is 1. The van der Waals surface area contributed by atoms with E-state index in [9.17, 15) is 0 Å². The molecule has 1 aliphatic rings. The van der Waals surface area contributed by atoms with Crippen molar-refractivity contribution in [3.63, 3.8) is 0 Å². The second-order valence-electron chi connectivity index (χ2n) is 6.79. The van der Waals surface area contributed by atoms with E-state index in [0.717, 1.165) is 29.7 Å². The number of benzene rings is 1. The Morgan fingerprint density at radius 1 is 1.24 bits per heavy atom. The van der Waals surface area contributed by atoms with Crippen LogP contribution in [-0.2, 0) is 13.0 Å². The maximum Gasteiger partial charge on any atom is 0.222 e. The lowest BCUT2D eigenvalue weighted by atomic mass is 10.1. The molecule has 0 aliphatic carbocycles. The summed E-state index contributed by atoms with van der Waals surface area (Å²) in [5, 5.41) is 4.40. The van der Waals surface area contributed by atoms with E-state index in [1.165, 1.54) is 24.9 Å². The predicted molar refractivity (Wildman–Crippen MR) is 99.5 cm³/mol. The maximum atomic E-state index is 6.01. The summed E-state index contributed by atoms with van der Waals surface area (Å²) in [5.74, 6) is 1.72. The van der Waals surface area contributed by atoms with Crippen molar-refractivity contribution >= 4 is 16.9 Å². The number of anilines is 1. The molecule has 4 rings (SSSR count).